The van der Waals surface area contributed by atoms with Gasteiger partial charge in [0.15, 0.2) is 33.1 Å². The predicted molar refractivity (Wildman–Crippen MR) is 504 cm³/mol. The zero-order valence-corrected chi connectivity index (χ0v) is 75.4. The SMILES string of the molecule is Cc1ccc(C)c(-c2c3ccccc3nc[n+]2C)c1.Cc1ccccc1-c1c2c(C(C)C)cccc2nc[n+]1C.Cc1ccccc1-c1c2c(C)cccc2nc[n+]1C.Cc1ccccc1-c1c2cc(C(C)C)ccc2nc[n+]1C.Cc1ccccc1-c1c2ccc(C(C)C)cc2nc[n+]1C.Cc1ccccc1-c1c2cccc(C(C)C)c2nc[n+]1C. The second-order valence-electron chi connectivity index (χ2n) is 33.8. The Kier molecular flexibility index (Phi) is 27.2. The molecule has 12 nitrogen and oxygen atoms in total. The van der Waals surface area contributed by atoms with E-state index in [9.17, 15) is 0 Å². The van der Waals surface area contributed by atoms with Crippen molar-refractivity contribution >= 4 is 65.4 Å². The number of hydrogen-bond acceptors (Lipinski definition) is 6. The van der Waals surface area contributed by atoms with Crippen molar-refractivity contribution in [2.24, 2.45) is 42.3 Å². The summed E-state index contributed by atoms with van der Waals surface area (Å²) < 4.78 is 12.7. The minimum Gasteiger partial charge on any atom is -0.232 e. The summed E-state index contributed by atoms with van der Waals surface area (Å²) >= 11 is 0. The fraction of sp³-hybridized carbons (Fsp3) is 0.236. The maximum atomic E-state index is 4.68. The molecular formula is C110H118N12+6. The summed E-state index contributed by atoms with van der Waals surface area (Å²) in [5.41, 5.74) is 37.1. The molecule has 122 heavy (non-hydrogen) atoms. The van der Waals surface area contributed by atoms with Crippen molar-refractivity contribution in [3.05, 3.63) is 360 Å². The smallest absolute Gasteiger partial charge is 0.232 e. The van der Waals surface area contributed by atoms with Crippen molar-refractivity contribution in [3.63, 3.8) is 0 Å². The van der Waals surface area contributed by atoms with Crippen LogP contribution in [0.25, 0.3) is 133 Å². The fourth-order valence-electron chi connectivity index (χ4n) is 16.6. The number of hydrogen-bond donors (Lipinski definition) is 0. The van der Waals surface area contributed by atoms with Gasteiger partial charge in [-0.15, -0.1) is 0 Å². The molecule has 6 heterocycles. The number of rotatable bonds is 10. The van der Waals surface area contributed by atoms with Crippen molar-refractivity contribution < 1.29 is 27.4 Å². The van der Waals surface area contributed by atoms with Gasteiger partial charge in [0.1, 0.15) is 34.2 Å². The third-order valence-corrected chi connectivity index (χ3v) is 23.4. The van der Waals surface area contributed by atoms with E-state index in [4.69, 9.17) is 0 Å². The minimum absolute atomic E-state index is 0.471. The molecule has 0 bridgehead atoms. The van der Waals surface area contributed by atoms with Gasteiger partial charge in [-0.1, -0.05) is 255 Å². The number of nitrogens with zero attached hydrogens (tertiary/aromatic N) is 12. The molecule has 12 aromatic carbocycles. The van der Waals surface area contributed by atoms with Crippen LogP contribution < -0.4 is 27.4 Å². The summed E-state index contributed by atoms with van der Waals surface area (Å²) in [5.74, 6) is 1.98. The van der Waals surface area contributed by atoms with Gasteiger partial charge in [-0.2, -0.15) is 0 Å². The molecule has 0 saturated carbocycles. The van der Waals surface area contributed by atoms with Gasteiger partial charge in [0.25, 0.3) is 38.0 Å². The first kappa shape index (κ1) is 86.5. The lowest BCUT2D eigenvalue weighted by molar-refractivity contribution is -0.662. The standard InChI is InChI=1S/4C19H21N2.2C17H17N2/c1-13(2)15-10-7-11-17-18(15)19(21(4)12-20-17)16-9-6-5-8-14(16)3;1-13(2)15-10-7-11-17-18(15)20-12-21(4)19(17)16-9-6-5-8-14(16)3;1-13(2)15-9-10-18-17(11-15)19(21(4)12-20-18)16-8-6-5-7-14(16)3;1-13(2)15-9-10-17-18(11-15)20-12-21(4)19(17)16-8-6-5-7-14(16)3;1-12-7-4-5-9-14(12)17-16-13(2)8-6-10-15(16)18-11-19(17)3;1-12-8-9-13(2)15(10-12)17-14-6-4-5-7-16(14)18-11-19(17)3/h4*5-13H,1-4H3;2*4-11H,1-3H3/q6*+1. The number of para-hydroxylation sites is 2. The third-order valence-electron chi connectivity index (χ3n) is 23.4. The molecule has 612 valence electrons. The molecule has 18 aromatic rings. The number of benzene rings is 12. The van der Waals surface area contributed by atoms with Crippen molar-refractivity contribution in [1.82, 2.24) is 29.9 Å². The predicted octanol–water partition coefficient (Wildman–Crippen LogP) is 23.3. The van der Waals surface area contributed by atoms with Gasteiger partial charge < -0.3 is 0 Å². The third kappa shape index (κ3) is 18.8. The van der Waals surface area contributed by atoms with Gasteiger partial charge in [-0.3, -0.25) is 0 Å². The van der Waals surface area contributed by atoms with Crippen LogP contribution in [0.4, 0.5) is 0 Å². The molecule has 0 spiro atoms. The zero-order valence-electron chi connectivity index (χ0n) is 75.4. The fourth-order valence-corrected chi connectivity index (χ4v) is 16.6. The first-order chi connectivity index (χ1) is 58.7. The van der Waals surface area contributed by atoms with Gasteiger partial charge in [0.05, 0.1) is 74.6 Å². The lowest BCUT2D eigenvalue weighted by atomic mass is 9.93. The summed E-state index contributed by atoms with van der Waals surface area (Å²) in [6.07, 6.45) is 11.4. The van der Waals surface area contributed by atoms with Crippen LogP contribution in [-0.4, -0.2) is 29.9 Å². The Bertz CT molecular complexity index is 6790. The molecule has 0 aliphatic carbocycles. The van der Waals surface area contributed by atoms with Crippen LogP contribution in [0.1, 0.15) is 146 Å². The molecule has 0 amide bonds. The maximum absolute atomic E-state index is 4.68. The molecule has 0 atom stereocenters. The monoisotopic (exact) mass is 1610 g/mol. The van der Waals surface area contributed by atoms with E-state index in [0.29, 0.717) is 23.7 Å². The highest BCUT2D eigenvalue weighted by Crippen LogP contribution is 2.37. The first-order valence-electron chi connectivity index (χ1n) is 42.6. The van der Waals surface area contributed by atoms with E-state index in [1.54, 1.807) is 0 Å². The zero-order chi connectivity index (χ0) is 86.7. The molecule has 0 saturated heterocycles. The van der Waals surface area contributed by atoms with E-state index >= 15 is 0 Å². The Morgan fingerprint density at radius 3 is 1.04 bits per heavy atom. The summed E-state index contributed by atoms with van der Waals surface area (Å²) in [6, 6.07) is 89.9. The van der Waals surface area contributed by atoms with Crippen LogP contribution in [0.5, 0.6) is 0 Å². The number of aryl methyl sites for hydroxylation is 14. The van der Waals surface area contributed by atoms with E-state index in [0.717, 1.165) is 33.1 Å². The number of fused-ring (bicyclic) bond motifs is 6. The Morgan fingerprint density at radius 1 is 0.213 bits per heavy atom. The van der Waals surface area contributed by atoms with Crippen molar-refractivity contribution in [2.45, 2.75) is 134 Å². The van der Waals surface area contributed by atoms with Crippen molar-refractivity contribution in [3.8, 4) is 67.5 Å². The quantitative estimate of drug-likeness (QED) is 0.126. The highest BCUT2D eigenvalue weighted by atomic mass is 15.0. The topological polar surface area (TPSA) is 101 Å². The molecule has 0 aliphatic heterocycles. The Balaban J connectivity index is 0.000000126. The molecule has 0 N–H and O–H groups in total. The van der Waals surface area contributed by atoms with Gasteiger partial charge in [-0.05, 0) is 225 Å². The van der Waals surface area contributed by atoms with Crippen LogP contribution in [-0.2, 0) is 42.3 Å². The van der Waals surface area contributed by atoms with Crippen LogP contribution >= 0.6 is 0 Å². The average Bonchev–Trinajstić information content (AvgIpc) is 0.782. The molecule has 12 heteroatoms. The van der Waals surface area contributed by atoms with Crippen LogP contribution in [0.15, 0.2) is 293 Å². The lowest BCUT2D eigenvalue weighted by Crippen LogP contribution is -2.32. The number of aromatic nitrogens is 12. The largest absolute Gasteiger partial charge is 0.287 e. The summed E-state index contributed by atoms with van der Waals surface area (Å²) in [6.45, 7) is 35.0. The lowest BCUT2D eigenvalue weighted by Gasteiger charge is -2.13. The normalized spacial score (nSPS) is 11.2. The highest BCUT2D eigenvalue weighted by molar-refractivity contribution is 5.98. The van der Waals surface area contributed by atoms with Crippen LogP contribution in [0.2, 0.25) is 0 Å². The Hall–Kier alpha value is -13.3. The molecular weight excluding hydrogens is 1490 g/mol. The summed E-state index contributed by atoms with van der Waals surface area (Å²) in [5, 5.41) is 7.36. The molecule has 6 aromatic heterocycles. The first-order valence-corrected chi connectivity index (χ1v) is 42.6. The van der Waals surface area contributed by atoms with E-state index in [1.165, 1.54) is 167 Å². The van der Waals surface area contributed by atoms with E-state index in [-0.39, 0.29) is 0 Å². The van der Waals surface area contributed by atoms with E-state index in [1.807, 2.05) is 44.0 Å². The van der Waals surface area contributed by atoms with Crippen LogP contribution in [0.3, 0.4) is 0 Å². The average molecular weight is 1610 g/mol. The Labute approximate surface area is 722 Å². The van der Waals surface area contributed by atoms with Gasteiger partial charge in [0, 0.05) is 38.9 Å². The molecule has 0 unspecified atom stereocenters. The second kappa shape index (κ2) is 38.4. The molecule has 0 radical (unpaired) electrons. The van der Waals surface area contributed by atoms with Crippen molar-refractivity contribution in [2.75, 3.05) is 0 Å². The highest BCUT2D eigenvalue weighted by Gasteiger charge is 2.26. The molecule has 0 fully saturated rings. The minimum atomic E-state index is 0.471. The van der Waals surface area contributed by atoms with Crippen molar-refractivity contribution in [1.29, 1.82) is 0 Å². The van der Waals surface area contributed by atoms with E-state index in [2.05, 4.69) is 459 Å². The van der Waals surface area contributed by atoms with Gasteiger partial charge in [-0.25, -0.2) is 27.4 Å². The Morgan fingerprint density at radius 2 is 0.541 bits per heavy atom. The maximum Gasteiger partial charge on any atom is 0.287 e. The van der Waals surface area contributed by atoms with Crippen LogP contribution in [0, 0.1) is 55.4 Å². The van der Waals surface area contributed by atoms with Gasteiger partial charge in [0.2, 0.25) is 0 Å². The second-order valence-corrected chi connectivity index (χ2v) is 33.8. The van der Waals surface area contributed by atoms with E-state index < -0.39 is 0 Å². The molecule has 18 rings (SSSR count). The van der Waals surface area contributed by atoms with Gasteiger partial charge >= 0.3 is 0 Å². The summed E-state index contributed by atoms with van der Waals surface area (Å²) in [7, 11) is 12.4. The molecule has 0 aliphatic rings. The summed E-state index contributed by atoms with van der Waals surface area (Å²) in [4.78, 5) is 27.4.